The van der Waals surface area contributed by atoms with Crippen molar-refractivity contribution in [2.45, 2.75) is 43.9 Å². The number of halogens is 2. The van der Waals surface area contributed by atoms with E-state index in [1.54, 1.807) is 12.0 Å². The van der Waals surface area contributed by atoms with E-state index in [-0.39, 0.29) is 24.5 Å². The Hall–Kier alpha value is -2.01. The molecule has 0 radical (unpaired) electrons. The molecule has 6 heteroatoms. The van der Waals surface area contributed by atoms with Gasteiger partial charge < -0.3 is 26.8 Å². The molecule has 4 rings (SSSR count). The third-order valence-corrected chi connectivity index (χ3v) is 6.57. The monoisotopic (exact) mass is 447 g/mol. The number of esters is 1. The fourth-order valence-corrected chi connectivity index (χ4v) is 4.72. The van der Waals surface area contributed by atoms with E-state index in [2.05, 4.69) is 7.05 Å². The van der Waals surface area contributed by atoms with Crippen LogP contribution in [0.2, 0.25) is 5.02 Å². The number of piperidine rings is 1. The van der Waals surface area contributed by atoms with Crippen molar-refractivity contribution in [2.75, 3.05) is 14.2 Å². The first kappa shape index (κ1) is 22.7. The summed E-state index contributed by atoms with van der Waals surface area (Å²) in [7, 11) is 3.90. The minimum atomic E-state index is -0.269. The van der Waals surface area contributed by atoms with Crippen LogP contribution >= 0.6 is 11.6 Å². The zero-order valence-corrected chi connectivity index (χ0v) is 18.7. The van der Waals surface area contributed by atoms with Crippen LogP contribution < -0.4 is 22.0 Å². The molecule has 2 aliphatic rings. The summed E-state index contributed by atoms with van der Waals surface area (Å²) in [5.74, 6) is 0.483. The number of hydrogen-bond acceptors (Lipinski definition) is 3. The lowest BCUT2D eigenvalue weighted by atomic mass is 9.99. The van der Waals surface area contributed by atoms with E-state index < -0.39 is 0 Å². The SMILES string of the molecule is COc1ccc(/C(=C\c2ccc(Cl)cc2)C(=O)OC2CC3CCC(C2)[NH+]3C)cc1.[Cl-]. The van der Waals surface area contributed by atoms with Gasteiger partial charge in [-0.1, -0.05) is 35.9 Å². The van der Waals surface area contributed by atoms with Crippen molar-refractivity contribution < 1.29 is 31.6 Å². The molecule has 2 heterocycles. The molecule has 2 unspecified atom stereocenters. The number of carbonyl (C=O) groups excluding carboxylic acids is 1. The summed E-state index contributed by atoms with van der Waals surface area (Å²) in [5, 5.41) is 0.667. The number of hydrogen-bond donors (Lipinski definition) is 1. The van der Waals surface area contributed by atoms with Crippen molar-refractivity contribution in [1.82, 2.24) is 0 Å². The highest BCUT2D eigenvalue weighted by Crippen LogP contribution is 2.28. The molecule has 160 valence electrons. The van der Waals surface area contributed by atoms with E-state index in [1.165, 1.54) is 12.8 Å². The maximum Gasteiger partial charge on any atom is 0.339 e. The molecule has 2 aromatic rings. The summed E-state index contributed by atoms with van der Waals surface area (Å²) in [6.07, 6.45) is 6.23. The van der Waals surface area contributed by atoms with Crippen LogP contribution in [0.3, 0.4) is 0 Å². The second-order valence-electron chi connectivity index (χ2n) is 8.05. The molecular formula is C24H27Cl2NO3. The molecule has 0 aromatic heterocycles. The van der Waals surface area contributed by atoms with Gasteiger partial charge in [0.2, 0.25) is 0 Å². The highest BCUT2D eigenvalue weighted by molar-refractivity contribution is 6.30. The Morgan fingerprint density at radius 1 is 1.03 bits per heavy atom. The fraction of sp³-hybridized carbons (Fsp3) is 0.375. The lowest BCUT2D eigenvalue weighted by Crippen LogP contribution is -3.15. The van der Waals surface area contributed by atoms with Crippen LogP contribution in [0.25, 0.3) is 11.6 Å². The van der Waals surface area contributed by atoms with Gasteiger partial charge >= 0.3 is 5.97 Å². The third kappa shape index (κ3) is 5.00. The van der Waals surface area contributed by atoms with E-state index in [9.17, 15) is 4.79 Å². The van der Waals surface area contributed by atoms with Gasteiger partial charge in [-0.2, -0.15) is 0 Å². The van der Waals surface area contributed by atoms with Gasteiger partial charge in [-0.15, -0.1) is 0 Å². The predicted octanol–water partition coefficient (Wildman–Crippen LogP) is 0.645. The van der Waals surface area contributed by atoms with Crippen LogP contribution in [-0.4, -0.2) is 38.3 Å². The number of ether oxygens (including phenoxy) is 2. The highest BCUT2D eigenvalue weighted by Gasteiger charge is 2.43. The summed E-state index contributed by atoms with van der Waals surface area (Å²) in [4.78, 5) is 14.8. The van der Waals surface area contributed by atoms with Crippen LogP contribution in [0.1, 0.15) is 36.8 Å². The van der Waals surface area contributed by atoms with Crippen LogP contribution in [-0.2, 0) is 9.53 Å². The standard InChI is InChI=1S/C24H26ClNO3.ClH/c1-26-19-9-10-20(26)15-22(14-19)29-24(27)23(13-16-3-7-18(25)8-4-16)17-5-11-21(28-2)12-6-17;/h3-8,11-13,19-20,22H,9-10,14-15H2,1-2H3;1H/b23-13+;. The van der Waals surface area contributed by atoms with Crippen LogP contribution in [0.4, 0.5) is 0 Å². The van der Waals surface area contributed by atoms with Gasteiger partial charge in [0, 0.05) is 30.7 Å². The van der Waals surface area contributed by atoms with E-state index in [4.69, 9.17) is 21.1 Å². The fourth-order valence-electron chi connectivity index (χ4n) is 4.60. The normalized spacial score (nSPS) is 25.4. The lowest BCUT2D eigenvalue weighted by molar-refractivity contribution is -0.923. The van der Waals surface area contributed by atoms with Gasteiger partial charge in [-0.05, 0) is 41.5 Å². The molecule has 0 aliphatic carbocycles. The predicted molar refractivity (Wildman–Crippen MR) is 115 cm³/mol. The van der Waals surface area contributed by atoms with Crippen molar-refractivity contribution in [3.8, 4) is 5.75 Å². The summed E-state index contributed by atoms with van der Waals surface area (Å²) >= 11 is 6.01. The van der Waals surface area contributed by atoms with Crippen molar-refractivity contribution in [1.29, 1.82) is 0 Å². The number of quaternary nitrogens is 1. The summed E-state index contributed by atoms with van der Waals surface area (Å²) in [5.41, 5.74) is 2.27. The number of benzene rings is 2. The second kappa shape index (κ2) is 9.86. The molecule has 0 amide bonds. The Kier molecular flexibility index (Phi) is 7.45. The van der Waals surface area contributed by atoms with E-state index in [0.29, 0.717) is 22.7 Å². The average Bonchev–Trinajstić information content (AvgIpc) is 2.94. The molecule has 2 aromatic carbocycles. The second-order valence-corrected chi connectivity index (χ2v) is 8.49. The molecule has 2 saturated heterocycles. The average molecular weight is 448 g/mol. The summed E-state index contributed by atoms with van der Waals surface area (Å²) in [6, 6.07) is 16.2. The van der Waals surface area contributed by atoms with Crippen LogP contribution in [0.5, 0.6) is 5.75 Å². The number of nitrogens with one attached hydrogen (secondary N) is 1. The molecule has 4 nitrogen and oxygen atoms in total. The van der Waals surface area contributed by atoms with E-state index in [1.807, 2.05) is 54.6 Å². The van der Waals surface area contributed by atoms with Gasteiger partial charge in [-0.25, -0.2) is 4.79 Å². The number of methoxy groups -OCH3 is 1. The molecule has 1 N–H and O–H groups in total. The first-order valence-corrected chi connectivity index (χ1v) is 10.6. The number of rotatable bonds is 5. The smallest absolute Gasteiger partial charge is 0.339 e. The summed E-state index contributed by atoms with van der Waals surface area (Å²) < 4.78 is 11.3. The zero-order chi connectivity index (χ0) is 20.4. The van der Waals surface area contributed by atoms with Crippen LogP contribution in [0.15, 0.2) is 48.5 Å². The lowest BCUT2D eigenvalue weighted by Gasteiger charge is -2.33. The van der Waals surface area contributed by atoms with E-state index >= 15 is 0 Å². The van der Waals surface area contributed by atoms with Gasteiger partial charge in [0.05, 0.1) is 31.8 Å². The molecule has 0 spiro atoms. The molecule has 0 saturated carbocycles. The first-order valence-electron chi connectivity index (χ1n) is 10.2. The molecule has 30 heavy (non-hydrogen) atoms. The third-order valence-electron chi connectivity index (χ3n) is 6.32. The summed E-state index contributed by atoms with van der Waals surface area (Å²) in [6.45, 7) is 0. The first-order chi connectivity index (χ1) is 14.0. The van der Waals surface area contributed by atoms with Gasteiger partial charge in [0.15, 0.2) is 0 Å². The highest BCUT2D eigenvalue weighted by atomic mass is 35.5. The minimum Gasteiger partial charge on any atom is -1.00 e. The number of fused-ring (bicyclic) bond motifs is 2. The Labute approximate surface area is 189 Å². The maximum absolute atomic E-state index is 13.2. The molecular weight excluding hydrogens is 421 g/mol. The number of carbonyl (C=O) groups is 1. The Morgan fingerprint density at radius 3 is 2.20 bits per heavy atom. The van der Waals surface area contributed by atoms with E-state index in [0.717, 1.165) is 29.7 Å². The zero-order valence-electron chi connectivity index (χ0n) is 17.2. The molecule has 2 fully saturated rings. The maximum atomic E-state index is 13.2. The topological polar surface area (TPSA) is 40.0 Å². The van der Waals surface area contributed by atoms with Gasteiger partial charge in [0.25, 0.3) is 0 Å². The molecule has 2 bridgehead atoms. The van der Waals surface area contributed by atoms with Crippen molar-refractivity contribution >= 4 is 29.2 Å². The Bertz CT molecular complexity index is 882. The van der Waals surface area contributed by atoms with Gasteiger partial charge in [0.1, 0.15) is 11.9 Å². The Morgan fingerprint density at radius 2 is 1.63 bits per heavy atom. The van der Waals surface area contributed by atoms with Crippen molar-refractivity contribution in [3.05, 3.63) is 64.7 Å². The van der Waals surface area contributed by atoms with Crippen LogP contribution in [0, 0.1) is 0 Å². The largest absolute Gasteiger partial charge is 1.00 e. The molecule has 2 aliphatic heterocycles. The van der Waals surface area contributed by atoms with Gasteiger partial charge in [-0.3, -0.25) is 0 Å². The molecule has 2 atom stereocenters. The quantitative estimate of drug-likeness (QED) is 0.415. The minimum absolute atomic E-state index is 0. The van der Waals surface area contributed by atoms with Crippen molar-refractivity contribution in [3.63, 3.8) is 0 Å². The van der Waals surface area contributed by atoms with Crippen molar-refractivity contribution in [2.24, 2.45) is 0 Å². The Balaban J connectivity index is 0.00000256.